The first-order chi connectivity index (χ1) is 7.72. The molecule has 0 aliphatic carbocycles. The van der Waals surface area contributed by atoms with Gasteiger partial charge in [-0.3, -0.25) is 0 Å². The van der Waals surface area contributed by atoms with Crippen molar-refractivity contribution in [3.63, 3.8) is 0 Å². The third-order valence-electron chi connectivity index (χ3n) is 2.75. The molecule has 2 nitrogen and oxygen atoms in total. The van der Waals surface area contributed by atoms with Crippen LogP contribution in [-0.2, 0) is 6.42 Å². The van der Waals surface area contributed by atoms with Gasteiger partial charge in [0.1, 0.15) is 0 Å². The molecule has 0 radical (unpaired) electrons. The molecule has 2 unspecified atom stereocenters. The molecule has 16 heavy (non-hydrogen) atoms. The molecular weight excluding hydrogens is 198 g/mol. The average molecular weight is 221 g/mol. The smallest absolute Gasteiger partial charge is 0.0431 e. The Morgan fingerprint density at radius 3 is 2.44 bits per heavy atom. The maximum Gasteiger partial charge on any atom is 0.0431 e. The van der Waals surface area contributed by atoms with Gasteiger partial charge in [0.15, 0.2) is 0 Å². The van der Waals surface area contributed by atoms with Gasteiger partial charge in [-0.05, 0) is 38.7 Å². The summed E-state index contributed by atoms with van der Waals surface area (Å²) in [6.07, 6.45) is 2.98. The van der Waals surface area contributed by atoms with Crippen molar-refractivity contribution < 1.29 is 5.11 Å². The predicted molar refractivity (Wildman–Crippen MR) is 68.5 cm³/mol. The second kappa shape index (κ2) is 7.42. The van der Waals surface area contributed by atoms with Crippen molar-refractivity contribution in [3.05, 3.63) is 35.9 Å². The summed E-state index contributed by atoms with van der Waals surface area (Å²) in [5.41, 5.74) is 1.37. The van der Waals surface area contributed by atoms with E-state index in [1.807, 2.05) is 6.07 Å². The second-order valence-corrected chi connectivity index (χ2v) is 4.52. The van der Waals surface area contributed by atoms with Gasteiger partial charge >= 0.3 is 0 Å². The molecule has 0 saturated carbocycles. The fraction of sp³-hybridized carbons (Fsp3) is 0.571. The van der Waals surface area contributed by atoms with Crippen molar-refractivity contribution in [3.8, 4) is 0 Å². The van der Waals surface area contributed by atoms with Crippen LogP contribution in [0, 0.1) is 0 Å². The van der Waals surface area contributed by atoms with Gasteiger partial charge in [-0.25, -0.2) is 0 Å². The van der Waals surface area contributed by atoms with Crippen LogP contribution in [0.1, 0.15) is 32.3 Å². The molecule has 2 atom stereocenters. The molecule has 2 N–H and O–H groups in total. The monoisotopic (exact) mass is 221 g/mol. The van der Waals surface area contributed by atoms with E-state index in [1.165, 1.54) is 5.56 Å². The maximum atomic E-state index is 8.76. The van der Waals surface area contributed by atoms with E-state index in [0.29, 0.717) is 18.7 Å². The Labute approximate surface area is 98.7 Å². The fourth-order valence-electron chi connectivity index (χ4n) is 1.99. The minimum absolute atomic E-state index is 0.291. The van der Waals surface area contributed by atoms with Gasteiger partial charge in [0.2, 0.25) is 0 Å². The molecule has 0 aliphatic heterocycles. The molecule has 0 fully saturated rings. The summed E-state index contributed by atoms with van der Waals surface area (Å²) in [5.74, 6) is 0. The van der Waals surface area contributed by atoms with Crippen LogP contribution in [0.15, 0.2) is 30.3 Å². The Hall–Kier alpha value is -0.860. The summed E-state index contributed by atoms with van der Waals surface area (Å²) in [6.45, 7) is 4.68. The molecule has 0 heterocycles. The number of rotatable bonds is 7. The van der Waals surface area contributed by atoms with Crippen molar-refractivity contribution in [2.45, 2.75) is 45.2 Å². The van der Waals surface area contributed by atoms with Gasteiger partial charge in [-0.1, -0.05) is 30.3 Å². The summed E-state index contributed by atoms with van der Waals surface area (Å²) in [5, 5.41) is 12.3. The summed E-state index contributed by atoms with van der Waals surface area (Å²) in [6, 6.07) is 11.5. The average Bonchev–Trinajstić information content (AvgIpc) is 2.27. The quantitative estimate of drug-likeness (QED) is 0.741. The predicted octanol–water partition coefficient (Wildman–Crippen LogP) is 2.37. The third-order valence-corrected chi connectivity index (χ3v) is 2.75. The lowest BCUT2D eigenvalue weighted by Gasteiger charge is -2.19. The van der Waals surface area contributed by atoms with Crippen molar-refractivity contribution in [2.24, 2.45) is 0 Å². The first-order valence-electron chi connectivity index (χ1n) is 6.13. The minimum Gasteiger partial charge on any atom is -0.396 e. The largest absolute Gasteiger partial charge is 0.396 e. The molecule has 0 saturated heterocycles. The highest BCUT2D eigenvalue weighted by Gasteiger charge is 2.07. The van der Waals surface area contributed by atoms with Crippen LogP contribution >= 0.6 is 0 Å². The van der Waals surface area contributed by atoms with E-state index >= 15 is 0 Å². The summed E-state index contributed by atoms with van der Waals surface area (Å²) >= 11 is 0. The van der Waals surface area contributed by atoms with E-state index in [2.05, 4.69) is 43.4 Å². The van der Waals surface area contributed by atoms with Gasteiger partial charge in [0.25, 0.3) is 0 Å². The molecule has 1 aromatic carbocycles. The van der Waals surface area contributed by atoms with E-state index < -0.39 is 0 Å². The van der Waals surface area contributed by atoms with E-state index in [9.17, 15) is 0 Å². The van der Waals surface area contributed by atoms with Gasteiger partial charge in [-0.2, -0.15) is 0 Å². The van der Waals surface area contributed by atoms with Crippen molar-refractivity contribution in [2.75, 3.05) is 6.61 Å². The van der Waals surface area contributed by atoms with Gasteiger partial charge < -0.3 is 10.4 Å². The molecule has 1 rings (SSSR count). The molecule has 0 amide bonds. The summed E-state index contributed by atoms with van der Waals surface area (Å²) < 4.78 is 0. The maximum absolute atomic E-state index is 8.76. The van der Waals surface area contributed by atoms with Crippen molar-refractivity contribution >= 4 is 0 Å². The zero-order valence-electron chi connectivity index (χ0n) is 10.3. The molecule has 90 valence electrons. The van der Waals surface area contributed by atoms with Crippen LogP contribution in [0.25, 0.3) is 0 Å². The number of aliphatic hydroxyl groups excluding tert-OH is 1. The van der Waals surface area contributed by atoms with Crippen LogP contribution < -0.4 is 5.32 Å². The van der Waals surface area contributed by atoms with E-state index in [4.69, 9.17) is 5.11 Å². The number of hydrogen-bond donors (Lipinski definition) is 2. The Balaban J connectivity index is 2.27. The first kappa shape index (κ1) is 13.2. The summed E-state index contributed by atoms with van der Waals surface area (Å²) in [4.78, 5) is 0. The molecule has 2 heteroatoms. The highest BCUT2D eigenvalue weighted by Crippen LogP contribution is 2.04. The molecule has 1 aromatic rings. The molecular formula is C14H23NO. The highest BCUT2D eigenvalue weighted by molar-refractivity contribution is 5.15. The second-order valence-electron chi connectivity index (χ2n) is 4.52. The van der Waals surface area contributed by atoms with Gasteiger partial charge in [-0.15, -0.1) is 0 Å². The lowest BCUT2D eigenvalue weighted by atomic mass is 10.1. The van der Waals surface area contributed by atoms with Gasteiger partial charge in [0, 0.05) is 18.7 Å². The third kappa shape index (κ3) is 5.29. The molecule has 0 spiro atoms. The highest BCUT2D eigenvalue weighted by atomic mass is 16.2. The normalized spacial score (nSPS) is 14.7. The Bertz CT molecular complexity index is 273. The van der Waals surface area contributed by atoms with Crippen molar-refractivity contribution in [1.82, 2.24) is 5.32 Å². The fourth-order valence-corrected chi connectivity index (χ4v) is 1.99. The topological polar surface area (TPSA) is 32.3 Å². The number of hydrogen-bond acceptors (Lipinski definition) is 2. The molecule has 0 aromatic heterocycles. The molecule has 0 bridgehead atoms. The number of aliphatic hydroxyl groups is 1. The lowest BCUT2D eigenvalue weighted by Crippen LogP contribution is -2.35. The Morgan fingerprint density at radius 2 is 1.81 bits per heavy atom. The first-order valence-corrected chi connectivity index (χ1v) is 6.13. The Kier molecular flexibility index (Phi) is 6.12. The van der Waals surface area contributed by atoms with Crippen LogP contribution in [0.4, 0.5) is 0 Å². The van der Waals surface area contributed by atoms with Crippen LogP contribution in [0.3, 0.4) is 0 Å². The van der Waals surface area contributed by atoms with Gasteiger partial charge in [0.05, 0.1) is 0 Å². The van der Waals surface area contributed by atoms with E-state index in [0.717, 1.165) is 19.3 Å². The van der Waals surface area contributed by atoms with Crippen LogP contribution in [-0.4, -0.2) is 23.8 Å². The van der Waals surface area contributed by atoms with Crippen LogP contribution in [0.5, 0.6) is 0 Å². The lowest BCUT2D eigenvalue weighted by molar-refractivity contribution is 0.274. The van der Waals surface area contributed by atoms with E-state index in [-0.39, 0.29) is 0 Å². The number of benzene rings is 1. The van der Waals surface area contributed by atoms with Crippen LogP contribution in [0.2, 0.25) is 0 Å². The SMILES string of the molecule is CC(CCCO)NC(C)Cc1ccccc1. The minimum atomic E-state index is 0.291. The van der Waals surface area contributed by atoms with E-state index in [1.54, 1.807) is 0 Å². The number of nitrogens with one attached hydrogen (secondary N) is 1. The zero-order valence-corrected chi connectivity index (χ0v) is 10.3. The van der Waals surface area contributed by atoms with Crippen molar-refractivity contribution in [1.29, 1.82) is 0 Å². The zero-order chi connectivity index (χ0) is 11.8. The standard InChI is InChI=1S/C14H23NO/c1-12(7-6-10-16)15-13(2)11-14-8-4-3-5-9-14/h3-5,8-9,12-13,15-16H,6-7,10-11H2,1-2H3. The Morgan fingerprint density at radius 1 is 1.12 bits per heavy atom. The summed E-state index contributed by atoms with van der Waals surface area (Å²) in [7, 11) is 0. The molecule has 0 aliphatic rings.